The first-order valence-electron chi connectivity index (χ1n) is 6.45. The van der Waals surface area contributed by atoms with Gasteiger partial charge in [0, 0.05) is 31.4 Å². The fourth-order valence-corrected chi connectivity index (χ4v) is 2.52. The van der Waals surface area contributed by atoms with E-state index in [1.165, 1.54) is 37.7 Å². The van der Waals surface area contributed by atoms with Gasteiger partial charge in [0.15, 0.2) is 0 Å². The highest BCUT2D eigenvalue weighted by Crippen LogP contribution is 2.22. The van der Waals surface area contributed by atoms with Gasteiger partial charge in [0.25, 0.3) is 0 Å². The predicted molar refractivity (Wildman–Crippen MR) is 66.1 cm³/mol. The number of rotatable bonds is 3. The summed E-state index contributed by atoms with van der Waals surface area (Å²) in [6.45, 7) is 3.34. The van der Waals surface area contributed by atoms with Crippen molar-refractivity contribution in [2.24, 2.45) is 13.0 Å². The van der Waals surface area contributed by atoms with Gasteiger partial charge in [0.1, 0.15) is 0 Å². The second-order valence-electron chi connectivity index (χ2n) is 5.21. The van der Waals surface area contributed by atoms with E-state index < -0.39 is 0 Å². The van der Waals surface area contributed by atoms with Crippen molar-refractivity contribution >= 4 is 0 Å². The maximum Gasteiger partial charge on any atom is 0.0534 e. The Morgan fingerprint density at radius 3 is 3.00 bits per heavy atom. The van der Waals surface area contributed by atoms with Gasteiger partial charge in [-0.15, -0.1) is 0 Å². The first-order valence-corrected chi connectivity index (χ1v) is 6.45. The highest BCUT2D eigenvalue weighted by molar-refractivity contribution is 5.03. The topological polar surface area (TPSA) is 29.9 Å². The fourth-order valence-electron chi connectivity index (χ4n) is 2.52. The molecule has 1 aromatic rings. The average Bonchev–Trinajstić information content (AvgIpc) is 2.56. The van der Waals surface area contributed by atoms with E-state index in [1.807, 2.05) is 17.9 Å². The van der Waals surface area contributed by atoms with Crippen LogP contribution in [-0.2, 0) is 13.6 Å². The molecule has 0 spiro atoms. The molecule has 2 atom stereocenters. The molecule has 1 fully saturated rings. The third-order valence-corrected chi connectivity index (χ3v) is 3.61. The van der Waals surface area contributed by atoms with Gasteiger partial charge >= 0.3 is 0 Å². The molecule has 1 aliphatic carbocycles. The molecule has 1 heterocycles. The van der Waals surface area contributed by atoms with Crippen molar-refractivity contribution in [1.82, 2.24) is 15.1 Å². The molecule has 16 heavy (non-hydrogen) atoms. The molecule has 1 N–H and O–H groups in total. The third-order valence-electron chi connectivity index (χ3n) is 3.61. The number of hydrogen-bond donors (Lipinski definition) is 1. The molecule has 0 aromatic carbocycles. The number of hydrogen-bond acceptors (Lipinski definition) is 2. The van der Waals surface area contributed by atoms with Crippen molar-refractivity contribution in [2.45, 2.75) is 51.6 Å². The van der Waals surface area contributed by atoms with E-state index in [4.69, 9.17) is 0 Å². The van der Waals surface area contributed by atoms with Crippen molar-refractivity contribution in [2.75, 3.05) is 0 Å². The van der Waals surface area contributed by atoms with Crippen molar-refractivity contribution in [1.29, 1.82) is 0 Å². The Morgan fingerprint density at radius 2 is 2.25 bits per heavy atom. The Bertz CT molecular complexity index is 319. The van der Waals surface area contributed by atoms with Crippen LogP contribution >= 0.6 is 0 Å². The van der Waals surface area contributed by atoms with Gasteiger partial charge < -0.3 is 5.32 Å². The Hall–Kier alpha value is -0.830. The van der Waals surface area contributed by atoms with Crippen LogP contribution in [0.1, 0.15) is 44.6 Å². The monoisotopic (exact) mass is 221 g/mol. The van der Waals surface area contributed by atoms with Gasteiger partial charge in [-0.2, -0.15) is 5.10 Å². The van der Waals surface area contributed by atoms with Crippen molar-refractivity contribution in [3.05, 3.63) is 18.0 Å². The van der Waals surface area contributed by atoms with E-state index >= 15 is 0 Å². The molecule has 0 aliphatic heterocycles. The zero-order valence-electron chi connectivity index (χ0n) is 10.4. The van der Waals surface area contributed by atoms with E-state index in [0.717, 1.165) is 12.5 Å². The minimum Gasteiger partial charge on any atom is -0.310 e. The lowest BCUT2D eigenvalue weighted by molar-refractivity contribution is 0.447. The molecular weight excluding hydrogens is 198 g/mol. The summed E-state index contributed by atoms with van der Waals surface area (Å²) in [7, 11) is 1.97. The highest BCUT2D eigenvalue weighted by atomic mass is 15.2. The van der Waals surface area contributed by atoms with Gasteiger partial charge in [-0.3, -0.25) is 4.68 Å². The fraction of sp³-hybridized carbons (Fsp3) is 0.769. The largest absolute Gasteiger partial charge is 0.310 e. The van der Waals surface area contributed by atoms with Crippen LogP contribution in [0.15, 0.2) is 12.4 Å². The van der Waals surface area contributed by atoms with Crippen LogP contribution in [0.5, 0.6) is 0 Å². The molecular formula is C13H23N3. The molecule has 1 aliphatic rings. The molecule has 3 nitrogen and oxygen atoms in total. The number of aromatic nitrogens is 2. The van der Waals surface area contributed by atoms with Crippen molar-refractivity contribution in [3.8, 4) is 0 Å². The molecule has 0 radical (unpaired) electrons. The Morgan fingerprint density at radius 1 is 1.38 bits per heavy atom. The van der Waals surface area contributed by atoms with Crippen LogP contribution in [-0.4, -0.2) is 15.8 Å². The third kappa shape index (κ3) is 3.34. The lowest BCUT2D eigenvalue weighted by Crippen LogP contribution is -2.27. The van der Waals surface area contributed by atoms with E-state index in [0.29, 0.717) is 6.04 Å². The molecule has 90 valence electrons. The van der Waals surface area contributed by atoms with Gasteiger partial charge in [0.05, 0.1) is 6.20 Å². The Kier molecular flexibility index (Phi) is 3.99. The molecule has 1 aromatic heterocycles. The summed E-state index contributed by atoms with van der Waals surface area (Å²) in [6, 6.07) is 0.713. The highest BCUT2D eigenvalue weighted by Gasteiger charge is 2.15. The van der Waals surface area contributed by atoms with E-state index in [-0.39, 0.29) is 0 Å². The molecule has 0 bridgehead atoms. The summed E-state index contributed by atoms with van der Waals surface area (Å²) < 4.78 is 1.87. The summed E-state index contributed by atoms with van der Waals surface area (Å²) in [5.41, 5.74) is 1.29. The van der Waals surface area contributed by atoms with Crippen LogP contribution in [0.2, 0.25) is 0 Å². The van der Waals surface area contributed by atoms with Crippen LogP contribution in [0.4, 0.5) is 0 Å². The zero-order chi connectivity index (χ0) is 11.4. The average molecular weight is 221 g/mol. The van der Waals surface area contributed by atoms with Crippen molar-refractivity contribution in [3.63, 3.8) is 0 Å². The summed E-state index contributed by atoms with van der Waals surface area (Å²) in [4.78, 5) is 0. The van der Waals surface area contributed by atoms with Gasteiger partial charge in [-0.1, -0.05) is 19.8 Å². The number of nitrogens with one attached hydrogen (secondary N) is 1. The zero-order valence-corrected chi connectivity index (χ0v) is 10.4. The van der Waals surface area contributed by atoms with E-state index in [2.05, 4.69) is 23.5 Å². The maximum absolute atomic E-state index is 4.19. The summed E-state index contributed by atoms with van der Waals surface area (Å²) in [5.74, 6) is 0.921. The Labute approximate surface area is 98.2 Å². The lowest BCUT2D eigenvalue weighted by atomic mass is 10.0. The lowest BCUT2D eigenvalue weighted by Gasteiger charge is -2.15. The molecule has 1 saturated carbocycles. The molecule has 3 heteroatoms. The van der Waals surface area contributed by atoms with Crippen LogP contribution in [0, 0.1) is 5.92 Å². The summed E-state index contributed by atoms with van der Waals surface area (Å²) in [5, 5.41) is 7.85. The smallest absolute Gasteiger partial charge is 0.0534 e. The van der Waals surface area contributed by atoms with Crippen LogP contribution < -0.4 is 5.32 Å². The normalized spacial score (nSPS) is 26.6. The SMILES string of the molecule is CC1CCCC(NCc2cnn(C)c2)CC1. The molecule has 0 saturated heterocycles. The summed E-state index contributed by atoms with van der Waals surface area (Å²) in [6.07, 6.45) is 10.9. The number of aryl methyl sites for hydroxylation is 1. The second kappa shape index (κ2) is 5.48. The minimum absolute atomic E-state index is 0.713. The van der Waals surface area contributed by atoms with Gasteiger partial charge in [0.2, 0.25) is 0 Å². The number of nitrogens with zero attached hydrogens (tertiary/aromatic N) is 2. The van der Waals surface area contributed by atoms with E-state index in [1.54, 1.807) is 0 Å². The van der Waals surface area contributed by atoms with E-state index in [9.17, 15) is 0 Å². The molecule has 2 rings (SSSR count). The maximum atomic E-state index is 4.19. The van der Waals surface area contributed by atoms with Crippen LogP contribution in [0.25, 0.3) is 0 Å². The summed E-state index contributed by atoms with van der Waals surface area (Å²) >= 11 is 0. The first kappa shape index (κ1) is 11.6. The van der Waals surface area contributed by atoms with Crippen LogP contribution in [0.3, 0.4) is 0 Å². The van der Waals surface area contributed by atoms with Crippen molar-refractivity contribution < 1.29 is 0 Å². The molecule has 2 unspecified atom stereocenters. The standard InChI is InChI=1S/C13H23N3/c1-11-4-3-5-13(7-6-11)14-8-12-9-15-16(2)10-12/h9-11,13-14H,3-8H2,1-2H3. The Balaban J connectivity index is 1.77. The van der Waals surface area contributed by atoms with Gasteiger partial charge in [-0.25, -0.2) is 0 Å². The quantitative estimate of drug-likeness (QED) is 0.795. The van der Waals surface area contributed by atoms with Gasteiger partial charge in [-0.05, 0) is 25.2 Å². The minimum atomic E-state index is 0.713. The second-order valence-corrected chi connectivity index (χ2v) is 5.21. The molecule has 0 amide bonds. The predicted octanol–water partition coefficient (Wildman–Crippen LogP) is 2.48. The first-order chi connectivity index (χ1) is 7.74.